The molecule has 5 nitrogen and oxygen atoms in total. The van der Waals surface area contributed by atoms with Crippen LogP contribution in [0.25, 0.3) is 16.0 Å². The molecule has 3 heterocycles. The van der Waals surface area contributed by atoms with E-state index in [0.717, 1.165) is 35.4 Å². The van der Waals surface area contributed by atoms with Crippen LogP contribution in [0.3, 0.4) is 0 Å². The Kier molecular flexibility index (Phi) is 4.07. The van der Waals surface area contributed by atoms with E-state index in [2.05, 4.69) is 40.3 Å². The summed E-state index contributed by atoms with van der Waals surface area (Å²) in [6, 6.07) is 2.13. The average Bonchev–Trinajstić information content (AvgIpc) is 3.09. The highest BCUT2D eigenvalue weighted by atomic mass is 35.5. The highest BCUT2D eigenvalue weighted by Gasteiger charge is 2.13. The van der Waals surface area contributed by atoms with Gasteiger partial charge in [-0.3, -0.25) is 0 Å². The SMILES string of the molecule is CCCNc1nc(-n2cc(Cl)cn2)c2cc(CC)sc2n1. The van der Waals surface area contributed by atoms with Crippen LogP contribution in [0.1, 0.15) is 25.1 Å². The maximum atomic E-state index is 5.98. The minimum absolute atomic E-state index is 0.593. The second-order valence-electron chi connectivity index (χ2n) is 4.69. The van der Waals surface area contributed by atoms with Crippen molar-refractivity contribution in [2.75, 3.05) is 11.9 Å². The third-order valence-electron chi connectivity index (χ3n) is 3.07. The fourth-order valence-electron chi connectivity index (χ4n) is 2.04. The molecule has 3 aromatic heterocycles. The third kappa shape index (κ3) is 2.87. The van der Waals surface area contributed by atoms with Crippen molar-refractivity contribution in [2.45, 2.75) is 26.7 Å². The molecule has 0 spiro atoms. The highest BCUT2D eigenvalue weighted by molar-refractivity contribution is 7.18. The zero-order valence-electron chi connectivity index (χ0n) is 11.9. The van der Waals surface area contributed by atoms with E-state index < -0.39 is 0 Å². The Balaban J connectivity index is 2.16. The molecule has 1 N–H and O–H groups in total. The molecule has 0 aliphatic carbocycles. The molecular weight excluding hydrogens is 306 g/mol. The molecule has 0 aliphatic heterocycles. The molecule has 0 saturated carbocycles. The monoisotopic (exact) mass is 321 g/mol. The summed E-state index contributed by atoms with van der Waals surface area (Å²) in [4.78, 5) is 11.5. The van der Waals surface area contributed by atoms with Crippen molar-refractivity contribution in [2.24, 2.45) is 0 Å². The summed E-state index contributed by atoms with van der Waals surface area (Å²) in [5.74, 6) is 1.40. The van der Waals surface area contributed by atoms with Gasteiger partial charge in [0.05, 0.1) is 22.8 Å². The quantitative estimate of drug-likeness (QED) is 0.774. The molecule has 3 rings (SSSR count). The molecular formula is C14H16ClN5S. The van der Waals surface area contributed by atoms with Gasteiger partial charge in [-0.25, -0.2) is 9.67 Å². The number of nitrogens with one attached hydrogen (secondary N) is 1. The molecule has 0 atom stereocenters. The second kappa shape index (κ2) is 5.99. The van der Waals surface area contributed by atoms with Crippen molar-refractivity contribution >= 4 is 39.1 Å². The lowest BCUT2D eigenvalue weighted by Gasteiger charge is -2.07. The van der Waals surface area contributed by atoms with Crippen molar-refractivity contribution in [3.05, 3.63) is 28.4 Å². The predicted molar refractivity (Wildman–Crippen MR) is 87.7 cm³/mol. The number of fused-ring (bicyclic) bond motifs is 1. The molecule has 21 heavy (non-hydrogen) atoms. The van der Waals surface area contributed by atoms with Gasteiger partial charge in [-0.2, -0.15) is 10.1 Å². The van der Waals surface area contributed by atoms with Gasteiger partial charge in [0.1, 0.15) is 4.83 Å². The van der Waals surface area contributed by atoms with E-state index >= 15 is 0 Å². The van der Waals surface area contributed by atoms with Crippen molar-refractivity contribution in [1.82, 2.24) is 19.7 Å². The summed E-state index contributed by atoms with van der Waals surface area (Å²) in [7, 11) is 0. The first-order valence-corrected chi connectivity index (χ1v) is 8.15. The lowest BCUT2D eigenvalue weighted by Crippen LogP contribution is -2.07. The molecule has 0 amide bonds. The minimum atomic E-state index is 0.593. The van der Waals surface area contributed by atoms with E-state index in [4.69, 9.17) is 11.6 Å². The van der Waals surface area contributed by atoms with Crippen molar-refractivity contribution in [3.8, 4) is 5.82 Å². The zero-order valence-corrected chi connectivity index (χ0v) is 13.5. The maximum absolute atomic E-state index is 5.98. The normalized spacial score (nSPS) is 11.2. The fraction of sp³-hybridized carbons (Fsp3) is 0.357. The summed E-state index contributed by atoms with van der Waals surface area (Å²) >= 11 is 7.67. The second-order valence-corrected chi connectivity index (χ2v) is 6.24. The molecule has 7 heteroatoms. The Labute approximate surface area is 132 Å². The van der Waals surface area contributed by atoms with E-state index in [9.17, 15) is 0 Å². The number of aryl methyl sites for hydroxylation is 1. The van der Waals surface area contributed by atoms with Gasteiger partial charge in [-0.1, -0.05) is 25.4 Å². The van der Waals surface area contributed by atoms with Gasteiger partial charge in [0, 0.05) is 11.4 Å². The van der Waals surface area contributed by atoms with Crippen LogP contribution in [0.5, 0.6) is 0 Å². The van der Waals surface area contributed by atoms with Crippen molar-refractivity contribution in [1.29, 1.82) is 0 Å². The van der Waals surface area contributed by atoms with Gasteiger partial charge < -0.3 is 5.32 Å². The van der Waals surface area contributed by atoms with Crippen LogP contribution in [0.4, 0.5) is 5.95 Å². The number of rotatable bonds is 5. The Bertz CT molecular complexity index is 764. The number of halogens is 1. The Hall–Kier alpha value is -1.66. The molecule has 0 radical (unpaired) electrons. The molecule has 0 aliphatic rings. The van der Waals surface area contributed by atoms with Crippen LogP contribution in [0.2, 0.25) is 5.02 Å². The van der Waals surface area contributed by atoms with Crippen molar-refractivity contribution in [3.63, 3.8) is 0 Å². The van der Waals surface area contributed by atoms with Crippen LogP contribution in [0.15, 0.2) is 18.5 Å². The zero-order chi connectivity index (χ0) is 14.8. The Morgan fingerprint density at radius 3 is 2.86 bits per heavy atom. The van der Waals surface area contributed by atoms with Gasteiger partial charge in [0.15, 0.2) is 5.82 Å². The lowest BCUT2D eigenvalue weighted by atomic mass is 10.3. The smallest absolute Gasteiger partial charge is 0.226 e. The Morgan fingerprint density at radius 1 is 1.33 bits per heavy atom. The minimum Gasteiger partial charge on any atom is -0.354 e. The number of nitrogens with zero attached hydrogens (tertiary/aromatic N) is 4. The predicted octanol–water partition coefficient (Wildman–Crippen LogP) is 3.91. The first kappa shape index (κ1) is 14.3. The maximum Gasteiger partial charge on any atom is 0.226 e. The molecule has 3 aromatic rings. The largest absolute Gasteiger partial charge is 0.354 e. The molecule has 0 unspecified atom stereocenters. The van der Waals surface area contributed by atoms with E-state index in [1.165, 1.54) is 4.88 Å². The molecule has 0 saturated heterocycles. The van der Waals surface area contributed by atoms with Gasteiger partial charge in [-0.05, 0) is 18.9 Å². The van der Waals surface area contributed by atoms with Gasteiger partial charge in [-0.15, -0.1) is 11.3 Å². The van der Waals surface area contributed by atoms with Gasteiger partial charge >= 0.3 is 0 Å². The number of thiophene rings is 1. The van der Waals surface area contributed by atoms with Gasteiger partial charge in [0.2, 0.25) is 5.95 Å². The highest BCUT2D eigenvalue weighted by Crippen LogP contribution is 2.29. The first-order chi connectivity index (χ1) is 10.2. The molecule has 110 valence electrons. The standard InChI is InChI=1S/C14H16ClN5S/c1-3-5-16-14-18-12(20-8-9(15)7-17-20)11-6-10(4-2)21-13(11)19-14/h6-8H,3-5H2,1-2H3,(H,16,18,19). The number of aromatic nitrogens is 4. The first-order valence-electron chi connectivity index (χ1n) is 6.96. The average molecular weight is 322 g/mol. The lowest BCUT2D eigenvalue weighted by molar-refractivity contribution is 0.848. The van der Waals surface area contributed by atoms with E-state index in [1.807, 2.05) is 0 Å². The van der Waals surface area contributed by atoms with E-state index in [0.29, 0.717) is 11.0 Å². The molecule has 0 fully saturated rings. The number of hydrogen-bond acceptors (Lipinski definition) is 5. The van der Waals surface area contributed by atoms with Gasteiger partial charge in [0.25, 0.3) is 0 Å². The summed E-state index contributed by atoms with van der Waals surface area (Å²) in [6.45, 7) is 5.09. The fourth-order valence-corrected chi connectivity index (χ4v) is 3.14. The summed E-state index contributed by atoms with van der Waals surface area (Å²) in [5, 5.41) is 9.11. The van der Waals surface area contributed by atoms with Crippen LogP contribution in [-0.2, 0) is 6.42 Å². The number of hydrogen-bond donors (Lipinski definition) is 1. The number of anilines is 1. The molecule has 0 bridgehead atoms. The van der Waals surface area contributed by atoms with Crippen LogP contribution in [0, 0.1) is 0 Å². The Morgan fingerprint density at radius 2 is 2.19 bits per heavy atom. The van der Waals surface area contributed by atoms with Crippen molar-refractivity contribution < 1.29 is 0 Å². The molecule has 0 aromatic carbocycles. The van der Waals surface area contributed by atoms with E-state index in [1.54, 1.807) is 28.4 Å². The van der Waals surface area contributed by atoms with E-state index in [-0.39, 0.29) is 0 Å². The van der Waals surface area contributed by atoms with Crippen LogP contribution in [-0.4, -0.2) is 26.3 Å². The summed E-state index contributed by atoms with van der Waals surface area (Å²) in [6.07, 6.45) is 5.38. The topological polar surface area (TPSA) is 55.6 Å². The third-order valence-corrected chi connectivity index (χ3v) is 4.44. The van der Waals surface area contributed by atoms with Crippen LogP contribution < -0.4 is 5.32 Å². The summed E-state index contributed by atoms with van der Waals surface area (Å²) in [5.41, 5.74) is 0. The summed E-state index contributed by atoms with van der Waals surface area (Å²) < 4.78 is 1.70. The van der Waals surface area contributed by atoms with Crippen LogP contribution >= 0.6 is 22.9 Å².